The second-order valence-corrected chi connectivity index (χ2v) is 3.16. The lowest BCUT2D eigenvalue weighted by Gasteiger charge is -1.94. The number of allylic oxidation sites excluding steroid dienone is 4. The van der Waals surface area contributed by atoms with Crippen molar-refractivity contribution in [3.05, 3.63) is 22.1 Å². The van der Waals surface area contributed by atoms with Crippen LogP contribution in [0, 0.1) is 0 Å². The maximum Gasteiger partial charge on any atom is -0.0186 e. The summed E-state index contributed by atoms with van der Waals surface area (Å²) in [4.78, 5) is 1.09. The summed E-state index contributed by atoms with van der Waals surface area (Å²) in [6, 6.07) is 0. The van der Waals surface area contributed by atoms with Crippen LogP contribution in [-0.4, -0.2) is 0 Å². The molecule has 0 spiro atoms. The third kappa shape index (κ3) is 4.34. The van der Waals surface area contributed by atoms with E-state index < -0.39 is 0 Å². The maximum absolute atomic E-state index is 4.20. The van der Waals surface area contributed by atoms with Gasteiger partial charge in [0.1, 0.15) is 0 Å². The van der Waals surface area contributed by atoms with Crippen molar-refractivity contribution in [2.75, 3.05) is 0 Å². The molecule has 52 valence electrons. The third-order valence-electron chi connectivity index (χ3n) is 1.08. The van der Waals surface area contributed by atoms with Crippen LogP contribution in [0.5, 0.6) is 0 Å². The van der Waals surface area contributed by atoms with Gasteiger partial charge in [-0.25, -0.2) is 0 Å². The van der Waals surface area contributed by atoms with Crippen molar-refractivity contribution in [1.82, 2.24) is 0 Å². The van der Waals surface area contributed by atoms with Crippen molar-refractivity contribution in [1.29, 1.82) is 0 Å². The predicted molar refractivity (Wildman–Crippen MR) is 46.8 cm³/mol. The summed E-state index contributed by atoms with van der Waals surface area (Å²) in [5.41, 5.74) is 2.57. The zero-order valence-corrected chi connectivity index (χ0v) is 7.42. The minimum atomic E-state index is 1.09. The molecule has 0 rings (SSSR count). The number of thiol groups is 1. The van der Waals surface area contributed by atoms with Crippen molar-refractivity contribution >= 4 is 12.6 Å². The molecule has 0 amide bonds. The first-order valence-corrected chi connectivity index (χ1v) is 3.50. The van der Waals surface area contributed by atoms with Gasteiger partial charge in [0.05, 0.1) is 0 Å². The minimum Gasteiger partial charge on any atom is -0.148 e. The normalized spacial score (nSPS) is 12.6. The van der Waals surface area contributed by atoms with Crippen molar-refractivity contribution in [2.24, 2.45) is 0 Å². The Morgan fingerprint density at radius 2 is 1.56 bits per heavy atom. The molecule has 0 aliphatic carbocycles. The molecule has 0 N–H and O–H groups in total. The average molecular weight is 142 g/mol. The zero-order valence-electron chi connectivity index (χ0n) is 6.52. The van der Waals surface area contributed by atoms with Gasteiger partial charge in [-0.15, -0.1) is 12.6 Å². The van der Waals surface area contributed by atoms with Gasteiger partial charge in [-0.1, -0.05) is 11.6 Å². The molecule has 0 fully saturated rings. The molecule has 0 saturated carbocycles. The summed E-state index contributed by atoms with van der Waals surface area (Å²) >= 11 is 4.20. The van der Waals surface area contributed by atoms with Crippen molar-refractivity contribution in [2.45, 2.75) is 27.7 Å². The van der Waals surface area contributed by atoms with Crippen molar-refractivity contribution < 1.29 is 0 Å². The van der Waals surface area contributed by atoms with E-state index >= 15 is 0 Å². The molecule has 0 bridgehead atoms. The van der Waals surface area contributed by atoms with Gasteiger partial charge in [0.25, 0.3) is 0 Å². The molecular formula is C8H14S. The molecule has 0 aromatic heterocycles. The minimum absolute atomic E-state index is 1.09. The van der Waals surface area contributed by atoms with E-state index in [9.17, 15) is 0 Å². The highest BCUT2D eigenvalue weighted by Gasteiger charge is 1.85. The standard InChI is InChI=1S/C8H14S/c1-6(2)5-7(3)8(4)9/h5,9H,1-4H3/b8-7+. The lowest BCUT2D eigenvalue weighted by molar-refractivity contribution is 1.33. The monoisotopic (exact) mass is 142 g/mol. The maximum atomic E-state index is 4.20. The molecule has 9 heavy (non-hydrogen) atoms. The van der Waals surface area contributed by atoms with Crippen LogP contribution in [0.15, 0.2) is 22.1 Å². The van der Waals surface area contributed by atoms with Crippen LogP contribution >= 0.6 is 12.6 Å². The molecule has 0 aromatic rings. The summed E-state index contributed by atoms with van der Waals surface area (Å²) in [6.45, 7) is 8.23. The largest absolute Gasteiger partial charge is 0.148 e. The Morgan fingerprint density at radius 1 is 1.11 bits per heavy atom. The van der Waals surface area contributed by atoms with E-state index in [1.54, 1.807) is 0 Å². The summed E-state index contributed by atoms with van der Waals surface area (Å²) in [5.74, 6) is 0. The topological polar surface area (TPSA) is 0 Å². The summed E-state index contributed by atoms with van der Waals surface area (Å²) < 4.78 is 0. The van der Waals surface area contributed by atoms with E-state index in [0.717, 1.165) is 4.91 Å². The highest BCUT2D eigenvalue weighted by atomic mass is 32.1. The van der Waals surface area contributed by atoms with E-state index in [0.29, 0.717) is 0 Å². The van der Waals surface area contributed by atoms with Gasteiger partial charge < -0.3 is 0 Å². The van der Waals surface area contributed by atoms with Crippen LogP contribution in [0.3, 0.4) is 0 Å². The van der Waals surface area contributed by atoms with E-state index in [4.69, 9.17) is 0 Å². The number of rotatable bonds is 1. The lowest BCUT2D eigenvalue weighted by atomic mass is 10.2. The summed E-state index contributed by atoms with van der Waals surface area (Å²) in [6.07, 6.45) is 2.13. The first kappa shape index (κ1) is 8.83. The smallest absolute Gasteiger partial charge is 0.0186 e. The molecule has 0 nitrogen and oxygen atoms in total. The summed E-state index contributed by atoms with van der Waals surface area (Å²) in [5, 5.41) is 0. The van der Waals surface area contributed by atoms with Gasteiger partial charge >= 0.3 is 0 Å². The van der Waals surface area contributed by atoms with E-state index in [1.807, 2.05) is 6.92 Å². The predicted octanol–water partition coefficient (Wildman–Crippen LogP) is 3.18. The number of hydrogen-bond acceptors (Lipinski definition) is 1. The van der Waals surface area contributed by atoms with E-state index in [-0.39, 0.29) is 0 Å². The van der Waals surface area contributed by atoms with Gasteiger partial charge in [-0.3, -0.25) is 0 Å². The van der Waals surface area contributed by atoms with Crippen LogP contribution in [0.1, 0.15) is 27.7 Å². The number of hydrogen-bond donors (Lipinski definition) is 1. The van der Waals surface area contributed by atoms with Crippen LogP contribution in [-0.2, 0) is 0 Å². The Balaban J connectivity index is 4.25. The molecular weight excluding hydrogens is 128 g/mol. The fourth-order valence-corrected chi connectivity index (χ4v) is 0.602. The highest BCUT2D eigenvalue weighted by Crippen LogP contribution is 2.09. The highest BCUT2D eigenvalue weighted by molar-refractivity contribution is 7.84. The van der Waals surface area contributed by atoms with Crippen LogP contribution in [0.25, 0.3) is 0 Å². The van der Waals surface area contributed by atoms with Crippen LogP contribution in [0.4, 0.5) is 0 Å². The summed E-state index contributed by atoms with van der Waals surface area (Å²) in [7, 11) is 0. The SMILES string of the molecule is CC(C)=C/C(C)=C(\C)S. The molecule has 0 heterocycles. The van der Waals surface area contributed by atoms with Gasteiger partial charge in [0.2, 0.25) is 0 Å². The lowest BCUT2D eigenvalue weighted by Crippen LogP contribution is -1.72. The molecule has 0 atom stereocenters. The fourth-order valence-electron chi connectivity index (χ4n) is 0.537. The third-order valence-corrected chi connectivity index (χ3v) is 1.43. The average Bonchev–Trinajstić information content (AvgIpc) is 1.63. The molecule has 0 aliphatic heterocycles. The molecule has 0 aliphatic rings. The van der Waals surface area contributed by atoms with E-state index in [2.05, 4.69) is 39.5 Å². The van der Waals surface area contributed by atoms with Crippen LogP contribution in [0.2, 0.25) is 0 Å². The van der Waals surface area contributed by atoms with Gasteiger partial charge in [-0.2, -0.15) is 0 Å². The fraction of sp³-hybridized carbons (Fsp3) is 0.500. The first-order valence-electron chi connectivity index (χ1n) is 3.05. The van der Waals surface area contributed by atoms with E-state index in [1.165, 1.54) is 11.1 Å². The van der Waals surface area contributed by atoms with Gasteiger partial charge in [-0.05, 0) is 38.2 Å². The molecule has 1 heteroatoms. The van der Waals surface area contributed by atoms with Gasteiger partial charge in [0.15, 0.2) is 0 Å². The second-order valence-electron chi connectivity index (χ2n) is 2.49. The Kier molecular flexibility index (Phi) is 3.71. The Morgan fingerprint density at radius 3 is 1.67 bits per heavy atom. The Hall–Kier alpha value is -0.170. The first-order chi connectivity index (χ1) is 4.04. The Labute approximate surface area is 63.1 Å². The van der Waals surface area contributed by atoms with Crippen LogP contribution < -0.4 is 0 Å². The van der Waals surface area contributed by atoms with Crippen molar-refractivity contribution in [3.8, 4) is 0 Å². The van der Waals surface area contributed by atoms with Gasteiger partial charge in [0, 0.05) is 0 Å². The molecule has 0 aromatic carbocycles. The van der Waals surface area contributed by atoms with Crippen molar-refractivity contribution in [3.63, 3.8) is 0 Å². The molecule has 0 radical (unpaired) electrons. The zero-order chi connectivity index (χ0) is 7.44. The second kappa shape index (κ2) is 3.78. The Bertz CT molecular complexity index is 144. The quantitative estimate of drug-likeness (QED) is 0.422. The molecule has 0 saturated heterocycles. The molecule has 0 unspecified atom stereocenters.